The zero-order valence-electron chi connectivity index (χ0n) is 15.6. The Morgan fingerprint density at radius 3 is 2.28 bits per heavy atom. The number of hydrogen-bond donors (Lipinski definition) is 1. The molecule has 0 saturated heterocycles. The van der Waals surface area contributed by atoms with Crippen molar-refractivity contribution in [2.45, 2.75) is 40.3 Å². The Balaban J connectivity index is 0.00000312. The lowest BCUT2D eigenvalue weighted by atomic mass is 10.1. The van der Waals surface area contributed by atoms with Gasteiger partial charge in [0.25, 0.3) is 0 Å². The van der Waals surface area contributed by atoms with Gasteiger partial charge in [0.15, 0.2) is 11.5 Å². The summed E-state index contributed by atoms with van der Waals surface area (Å²) in [6.45, 7) is 10.6. The lowest BCUT2D eigenvalue weighted by Crippen LogP contribution is -2.18. The first kappa shape index (κ1) is 21.3. The van der Waals surface area contributed by atoms with Gasteiger partial charge < -0.3 is 14.8 Å². The minimum Gasteiger partial charge on any atom is -0.490 e. The van der Waals surface area contributed by atoms with E-state index in [1.807, 2.05) is 19.1 Å². The van der Waals surface area contributed by atoms with Crippen LogP contribution in [-0.2, 0) is 6.54 Å². The molecule has 0 aliphatic carbocycles. The van der Waals surface area contributed by atoms with Crippen molar-refractivity contribution >= 4 is 12.4 Å². The van der Waals surface area contributed by atoms with Gasteiger partial charge in [-0.15, -0.1) is 12.4 Å². The predicted octanol–water partition coefficient (Wildman–Crippen LogP) is 5.39. The summed E-state index contributed by atoms with van der Waals surface area (Å²) in [7, 11) is 0. The molecule has 4 heteroatoms. The largest absolute Gasteiger partial charge is 0.490 e. The zero-order valence-corrected chi connectivity index (χ0v) is 16.4. The predicted molar refractivity (Wildman–Crippen MR) is 107 cm³/mol. The average molecular weight is 364 g/mol. The minimum atomic E-state index is 0. The highest BCUT2D eigenvalue weighted by Gasteiger charge is 2.09. The molecule has 2 aromatic rings. The molecule has 0 amide bonds. The maximum Gasteiger partial charge on any atom is 0.161 e. The van der Waals surface area contributed by atoms with Crippen molar-refractivity contribution in [2.24, 2.45) is 5.92 Å². The van der Waals surface area contributed by atoms with Gasteiger partial charge in [0, 0.05) is 12.6 Å². The Kier molecular flexibility index (Phi) is 9.40. The van der Waals surface area contributed by atoms with E-state index in [-0.39, 0.29) is 12.4 Å². The third kappa shape index (κ3) is 6.97. The molecule has 0 radical (unpaired) electrons. The van der Waals surface area contributed by atoms with Gasteiger partial charge in [-0.2, -0.15) is 0 Å². The first-order valence-corrected chi connectivity index (χ1v) is 8.77. The van der Waals surface area contributed by atoms with Crippen molar-refractivity contribution in [1.82, 2.24) is 5.32 Å². The number of hydrogen-bond acceptors (Lipinski definition) is 3. The monoisotopic (exact) mass is 363 g/mol. The van der Waals surface area contributed by atoms with Crippen molar-refractivity contribution in [1.29, 1.82) is 0 Å². The van der Waals surface area contributed by atoms with Gasteiger partial charge in [0.05, 0.1) is 13.2 Å². The third-order valence-corrected chi connectivity index (χ3v) is 3.79. The van der Waals surface area contributed by atoms with Gasteiger partial charge in [-0.05, 0) is 43.0 Å². The van der Waals surface area contributed by atoms with Gasteiger partial charge >= 0.3 is 0 Å². The molecular weight excluding hydrogens is 334 g/mol. The topological polar surface area (TPSA) is 30.5 Å². The molecule has 0 aromatic heterocycles. The Labute approximate surface area is 158 Å². The lowest BCUT2D eigenvalue weighted by Gasteiger charge is -2.17. The van der Waals surface area contributed by atoms with Crippen molar-refractivity contribution in [2.75, 3.05) is 13.2 Å². The van der Waals surface area contributed by atoms with Crippen molar-refractivity contribution < 1.29 is 9.47 Å². The summed E-state index contributed by atoms with van der Waals surface area (Å²) in [5.41, 5.74) is 2.48. The van der Waals surface area contributed by atoms with E-state index in [0.29, 0.717) is 25.2 Å². The zero-order chi connectivity index (χ0) is 17.4. The summed E-state index contributed by atoms with van der Waals surface area (Å²) in [6.07, 6.45) is 0. The van der Waals surface area contributed by atoms with Gasteiger partial charge in [-0.25, -0.2) is 0 Å². The molecule has 1 unspecified atom stereocenters. The number of halogens is 1. The summed E-state index contributed by atoms with van der Waals surface area (Å²) in [5.74, 6) is 2.14. The van der Waals surface area contributed by atoms with E-state index in [2.05, 4.69) is 62.5 Å². The molecule has 0 bridgehead atoms. The quantitative estimate of drug-likeness (QED) is 0.647. The van der Waals surface area contributed by atoms with E-state index >= 15 is 0 Å². The molecule has 2 aromatic carbocycles. The van der Waals surface area contributed by atoms with Gasteiger partial charge in [0.2, 0.25) is 0 Å². The van der Waals surface area contributed by atoms with Gasteiger partial charge in [0.1, 0.15) is 0 Å². The van der Waals surface area contributed by atoms with E-state index in [1.165, 1.54) is 11.1 Å². The van der Waals surface area contributed by atoms with Crippen LogP contribution in [0.1, 0.15) is 44.9 Å². The first-order valence-electron chi connectivity index (χ1n) is 8.77. The van der Waals surface area contributed by atoms with E-state index in [9.17, 15) is 0 Å². The van der Waals surface area contributed by atoms with Crippen LogP contribution in [0.3, 0.4) is 0 Å². The number of benzene rings is 2. The van der Waals surface area contributed by atoms with Crippen LogP contribution < -0.4 is 14.8 Å². The molecule has 3 nitrogen and oxygen atoms in total. The molecule has 0 aliphatic heterocycles. The lowest BCUT2D eigenvalue weighted by molar-refractivity contribution is 0.248. The Hall–Kier alpha value is -1.71. The SMILES string of the molecule is CCOc1cc(CNC(C)c2ccccc2)ccc1OCC(C)C.Cl. The summed E-state index contributed by atoms with van der Waals surface area (Å²) in [6, 6.07) is 17.0. The second-order valence-corrected chi connectivity index (χ2v) is 6.43. The Morgan fingerprint density at radius 1 is 0.920 bits per heavy atom. The van der Waals surface area contributed by atoms with Crippen LogP contribution in [0.15, 0.2) is 48.5 Å². The van der Waals surface area contributed by atoms with Crippen LogP contribution in [0, 0.1) is 5.92 Å². The van der Waals surface area contributed by atoms with E-state index in [4.69, 9.17) is 9.47 Å². The second kappa shape index (κ2) is 11.0. The molecule has 1 N–H and O–H groups in total. The summed E-state index contributed by atoms with van der Waals surface area (Å²) in [5, 5.41) is 3.56. The fraction of sp³-hybridized carbons (Fsp3) is 0.429. The van der Waals surface area contributed by atoms with Crippen molar-refractivity contribution in [3.05, 3.63) is 59.7 Å². The summed E-state index contributed by atoms with van der Waals surface area (Å²) in [4.78, 5) is 0. The minimum absolute atomic E-state index is 0. The van der Waals surface area contributed by atoms with Crippen LogP contribution >= 0.6 is 12.4 Å². The molecule has 25 heavy (non-hydrogen) atoms. The molecule has 0 saturated carbocycles. The highest BCUT2D eigenvalue weighted by molar-refractivity contribution is 5.85. The smallest absolute Gasteiger partial charge is 0.161 e. The van der Waals surface area contributed by atoms with E-state index in [0.717, 1.165) is 18.0 Å². The van der Waals surface area contributed by atoms with Gasteiger partial charge in [-0.1, -0.05) is 50.2 Å². The Bertz CT molecular complexity index is 617. The first-order chi connectivity index (χ1) is 11.6. The maximum atomic E-state index is 5.86. The normalized spacial score (nSPS) is 11.7. The van der Waals surface area contributed by atoms with E-state index < -0.39 is 0 Å². The molecule has 2 rings (SSSR count). The molecule has 1 atom stereocenters. The summed E-state index contributed by atoms with van der Waals surface area (Å²) < 4.78 is 11.6. The van der Waals surface area contributed by atoms with Crippen molar-refractivity contribution in [3.63, 3.8) is 0 Å². The number of rotatable bonds is 9. The fourth-order valence-electron chi connectivity index (χ4n) is 2.44. The highest BCUT2D eigenvalue weighted by Crippen LogP contribution is 2.29. The molecular formula is C21H30ClNO2. The molecule has 0 spiro atoms. The third-order valence-electron chi connectivity index (χ3n) is 3.79. The van der Waals surface area contributed by atoms with Gasteiger partial charge in [-0.3, -0.25) is 0 Å². The van der Waals surface area contributed by atoms with Crippen LogP contribution in [-0.4, -0.2) is 13.2 Å². The highest BCUT2D eigenvalue weighted by atomic mass is 35.5. The van der Waals surface area contributed by atoms with Crippen LogP contribution in [0.25, 0.3) is 0 Å². The fourth-order valence-corrected chi connectivity index (χ4v) is 2.44. The maximum absolute atomic E-state index is 5.86. The Morgan fingerprint density at radius 2 is 1.64 bits per heavy atom. The van der Waals surface area contributed by atoms with Crippen LogP contribution in [0.2, 0.25) is 0 Å². The average Bonchev–Trinajstić information content (AvgIpc) is 2.59. The number of nitrogens with one attached hydrogen (secondary N) is 1. The molecule has 0 fully saturated rings. The van der Waals surface area contributed by atoms with Crippen LogP contribution in [0.4, 0.5) is 0 Å². The van der Waals surface area contributed by atoms with E-state index in [1.54, 1.807) is 0 Å². The second-order valence-electron chi connectivity index (χ2n) is 6.43. The molecule has 138 valence electrons. The van der Waals surface area contributed by atoms with Crippen LogP contribution in [0.5, 0.6) is 11.5 Å². The summed E-state index contributed by atoms with van der Waals surface area (Å²) >= 11 is 0. The van der Waals surface area contributed by atoms with Crippen molar-refractivity contribution in [3.8, 4) is 11.5 Å². The standard InChI is InChI=1S/C21H29NO2.ClH/c1-5-23-21-13-18(11-12-20(21)24-15-16(2)3)14-22-17(4)19-9-7-6-8-10-19;/h6-13,16-17,22H,5,14-15H2,1-4H3;1H. The molecule has 0 heterocycles. The number of ether oxygens (including phenoxy) is 2. The molecule has 0 aliphatic rings.